The molecule has 1 nitrogen and oxygen atoms in total. The van der Waals surface area contributed by atoms with Gasteiger partial charge in [-0.25, -0.2) is 0 Å². The zero-order valence-corrected chi connectivity index (χ0v) is 12.7. The minimum Gasteiger partial charge on any atom is -0.373 e. The van der Waals surface area contributed by atoms with Crippen LogP contribution >= 0.6 is 31.9 Å². The Bertz CT molecular complexity index is 376. The van der Waals surface area contributed by atoms with Crippen LogP contribution in [0.2, 0.25) is 0 Å². The number of hydrogen-bond donors (Lipinski definition) is 0. The highest BCUT2D eigenvalue weighted by Crippen LogP contribution is 2.47. The van der Waals surface area contributed by atoms with Crippen molar-refractivity contribution in [1.29, 1.82) is 0 Å². The third-order valence-electron chi connectivity index (χ3n) is 3.40. The standard InChI is InChI=1S/C13H16Br2O/c1-13(2)11(15)7-12(13)16-8-9-4-3-5-10(14)6-9/h3-6,11-12H,7-8H2,1-2H3. The molecule has 1 aliphatic carbocycles. The number of benzene rings is 1. The van der Waals surface area contributed by atoms with E-state index >= 15 is 0 Å². The fourth-order valence-corrected chi connectivity index (χ4v) is 3.02. The van der Waals surface area contributed by atoms with Gasteiger partial charge in [0.15, 0.2) is 0 Å². The Kier molecular flexibility index (Phi) is 3.77. The molecule has 1 saturated carbocycles. The summed E-state index contributed by atoms with van der Waals surface area (Å²) in [6.45, 7) is 5.20. The Morgan fingerprint density at radius 2 is 2.19 bits per heavy atom. The Morgan fingerprint density at radius 1 is 1.44 bits per heavy atom. The van der Waals surface area contributed by atoms with Crippen molar-refractivity contribution in [2.24, 2.45) is 5.41 Å². The van der Waals surface area contributed by atoms with Gasteiger partial charge in [0, 0.05) is 14.7 Å². The number of halogens is 2. The molecular weight excluding hydrogens is 332 g/mol. The largest absolute Gasteiger partial charge is 0.373 e. The minimum absolute atomic E-state index is 0.256. The molecule has 0 amide bonds. The highest BCUT2D eigenvalue weighted by Gasteiger charge is 2.47. The normalized spacial score (nSPS) is 27.5. The van der Waals surface area contributed by atoms with Crippen LogP contribution < -0.4 is 0 Å². The summed E-state index contributed by atoms with van der Waals surface area (Å²) < 4.78 is 7.06. The van der Waals surface area contributed by atoms with Crippen molar-refractivity contribution in [2.45, 2.75) is 37.8 Å². The second kappa shape index (κ2) is 4.79. The van der Waals surface area contributed by atoms with Crippen LogP contribution in [0, 0.1) is 5.41 Å². The summed E-state index contributed by atoms with van der Waals surface area (Å²) in [5.41, 5.74) is 1.48. The van der Waals surface area contributed by atoms with Crippen LogP contribution in [0.3, 0.4) is 0 Å². The van der Waals surface area contributed by atoms with E-state index in [-0.39, 0.29) is 5.41 Å². The van der Waals surface area contributed by atoms with Crippen molar-refractivity contribution >= 4 is 31.9 Å². The minimum atomic E-state index is 0.256. The van der Waals surface area contributed by atoms with E-state index in [0.29, 0.717) is 17.5 Å². The quantitative estimate of drug-likeness (QED) is 0.730. The predicted octanol–water partition coefficient (Wildman–Crippen LogP) is 4.53. The lowest BCUT2D eigenvalue weighted by atomic mass is 9.69. The van der Waals surface area contributed by atoms with Gasteiger partial charge in [-0.2, -0.15) is 0 Å². The molecule has 1 aromatic rings. The number of hydrogen-bond acceptors (Lipinski definition) is 1. The predicted molar refractivity (Wildman–Crippen MR) is 73.8 cm³/mol. The van der Waals surface area contributed by atoms with Gasteiger partial charge in [-0.05, 0) is 24.1 Å². The van der Waals surface area contributed by atoms with Crippen molar-refractivity contribution in [1.82, 2.24) is 0 Å². The first-order valence-electron chi connectivity index (χ1n) is 5.50. The average molecular weight is 348 g/mol. The van der Waals surface area contributed by atoms with Gasteiger partial charge in [0.05, 0.1) is 12.7 Å². The van der Waals surface area contributed by atoms with Crippen LogP contribution in [0.4, 0.5) is 0 Å². The number of alkyl halides is 1. The fourth-order valence-electron chi connectivity index (χ4n) is 1.94. The topological polar surface area (TPSA) is 9.23 Å². The molecule has 0 heterocycles. The molecule has 3 heteroatoms. The summed E-state index contributed by atoms with van der Waals surface area (Å²) in [7, 11) is 0. The van der Waals surface area contributed by atoms with E-state index in [1.165, 1.54) is 5.56 Å². The molecule has 0 spiro atoms. The van der Waals surface area contributed by atoms with Gasteiger partial charge in [-0.3, -0.25) is 0 Å². The third-order valence-corrected chi connectivity index (χ3v) is 5.45. The Balaban J connectivity index is 1.89. The molecule has 88 valence electrons. The van der Waals surface area contributed by atoms with Crippen molar-refractivity contribution in [2.75, 3.05) is 0 Å². The number of rotatable bonds is 3. The van der Waals surface area contributed by atoms with Crippen LogP contribution in [0.1, 0.15) is 25.8 Å². The van der Waals surface area contributed by atoms with E-state index < -0.39 is 0 Å². The SMILES string of the molecule is CC1(C)C(Br)CC1OCc1cccc(Br)c1. The summed E-state index contributed by atoms with van der Waals surface area (Å²) in [6.07, 6.45) is 1.48. The fraction of sp³-hybridized carbons (Fsp3) is 0.538. The number of ether oxygens (including phenoxy) is 1. The van der Waals surface area contributed by atoms with Crippen LogP contribution in [-0.4, -0.2) is 10.9 Å². The van der Waals surface area contributed by atoms with E-state index in [1.807, 2.05) is 12.1 Å². The molecule has 2 atom stereocenters. The van der Waals surface area contributed by atoms with Gasteiger partial charge in [-0.1, -0.05) is 57.8 Å². The van der Waals surface area contributed by atoms with Crippen molar-refractivity contribution in [3.05, 3.63) is 34.3 Å². The van der Waals surface area contributed by atoms with Gasteiger partial charge in [-0.15, -0.1) is 0 Å². The van der Waals surface area contributed by atoms with Crippen molar-refractivity contribution in [3.8, 4) is 0 Å². The molecule has 16 heavy (non-hydrogen) atoms. The van der Waals surface area contributed by atoms with Crippen LogP contribution in [-0.2, 0) is 11.3 Å². The van der Waals surface area contributed by atoms with E-state index in [0.717, 1.165) is 10.9 Å². The second-order valence-electron chi connectivity index (χ2n) is 4.95. The van der Waals surface area contributed by atoms with Crippen LogP contribution in [0.15, 0.2) is 28.7 Å². The molecule has 2 unspecified atom stereocenters. The molecule has 0 bridgehead atoms. The lowest BCUT2D eigenvalue weighted by molar-refractivity contribution is -0.0932. The maximum Gasteiger partial charge on any atom is 0.0721 e. The molecule has 0 radical (unpaired) electrons. The summed E-state index contributed by atoms with van der Waals surface area (Å²) in [4.78, 5) is 0.590. The zero-order chi connectivity index (χ0) is 11.8. The molecule has 1 aliphatic rings. The summed E-state index contributed by atoms with van der Waals surface area (Å²) in [6, 6.07) is 8.28. The Labute approximate surface area is 114 Å². The van der Waals surface area contributed by atoms with Gasteiger partial charge in [0.2, 0.25) is 0 Å². The van der Waals surface area contributed by atoms with Gasteiger partial charge >= 0.3 is 0 Å². The summed E-state index contributed by atoms with van der Waals surface area (Å²) >= 11 is 7.14. The average Bonchev–Trinajstić information content (AvgIpc) is 2.24. The second-order valence-corrected chi connectivity index (χ2v) is 6.98. The van der Waals surface area contributed by atoms with Crippen molar-refractivity contribution in [3.63, 3.8) is 0 Å². The van der Waals surface area contributed by atoms with E-state index in [2.05, 4.69) is 57.8 Å². The molecule has 0 aliphatic heterocycles. The van der Waals surface area contributed by atoms with E-state index in [9.17, 15) is 0 Å². The molecule has 2 rings (SSSR count). The Morgan fingerprint density at radius 3 is 2.75 bits per heavy atom. The Hall–Kier alpha value is 0.140. The molecule has 0 saturated heterocycles. The molecule has 0 aromatic heterocycles. The maximum absolute atomic E-state index is 5.95. The van der Waals surface area contributed by atoms with E-state index in [1.54, 1.807) is 0 Å². The summed E-state index contributed by atoms with van der Waals surface area (Å²) in [5.74, 6) is 0. The third kappa shape index (κ3) is 2.52. The first-order valence-corrected chi connectivity index (χ1v) is 7.21. The molecule has 1 aromatic carbocycles. The smallest absolute Gasteiger partial charge is 0.0721 e. The lowest BCUT2D eigenvalue weighted by Gasteiger charge is -2.48. The van der Waals surface area contributed by atoms with E-state index in [4.69, 9.17) is 4.74 Å². The van der Waals surface area contributed by atoms with Crippen LogP contribution in [0.25, 0.3) is 0 Å². The lowest BCUT2D eigenvalue weighted by Crippen LogP contribution is -2.51. The molecular formula is C13H16Br2O. The summed E-state index contributed by atoms with van der Waals surface area (Å²) in [5, 5.41) is 0. The maximum atomic E-state index is 5.95. The zero-order valence-electron chi connectivity index (χ0n) is 9.54. The van der Waals surface area contributed by atoms with Gasteiger partial charge in [0.1, 0.15) is 0 Å². The van der Waals surface area contributed by atoms with Gasteiger partial charge in [0.25, 0.3) is 0 Å². The first-order chi connectivity index (χ1) is 7.50. The van der Waals surface area contributed by atoms with Crippen LogP contribution in [0.5, 0.6) is 0 Å². The molecule has 1 fully saturated rings. The highest BCUT2D eigenvalue weighted by molar-refractivity contribution is 9.10. The monoisotopic (exact) mass is 346 g/mol. The van der Waals surface area contributed by atoms with Crippen molar-refractivity contribution < 1.29 is 4.74 Å². The van der Waals surface area contributed by atoms with Gasteiger partial charge < -0.3 is 4.74 Å². The first kappa shape index (κ1) is 12.6. The molecule has 0 N–H and O–H groups in total. The highest BCUT2D eigenvalue weighted by atomic mass is 79.9.